The molecule has 0 saturated heterocycles. The number of thioether (sulfide) groups is 1. The zero-order valence-corrected chi connectivity index (χ0v) is 19.5. The molecule has 3 aromatic carbocycles. The lowest BCUT2D eigenvalue weighted by Crippen LogP contribution is -2.49. The summed E-state index contributed by atoms with van der Waals surface area (Å²) >= 11 is 7.61. The van der Waals surface area contributed by atoms with Crippen LogP contribution in [0.25, 0.3) is 0 Å². The summed E-state index contributed by atoms with van der Waals surface area (Å²) < 4.78 is 15.8. The van der Waals surface area contributed by atoms with Crippen molar-refractivity contribution in [1.29, 1.82) is 5.26 Å². The normalized spacial score (nSPS) is 13.8. The summed E-state index contributed by atoms with van der Waals surface area (Å²) in [6.07, 6.45) is 0. The Morgan fingerprint density at radius 2 is 1.71 bits per heavy atom. The number of nitrogens with zero attached hydrogens (tertiary/aromatic N) is 1. The monoisotopic (exact) mass is 469 g/mol. The first-order valence-electron chi connectivity index (χ1n) is 9.85. The molecule has 0 unspecified atom stereocenters. The third-order valence-electron chi connectivity index (χ3n) is 4.66. The van der Waals surface area contributed by atoms with Crippen molar-refractivity contribution >= 4 is 34.3 Å². The van der Waals surface area contributed by atoms with Crippen LogP contribution in [0.4, 0.5) is 0 Å². The summed E-state index contributed by atoms with van der Waals surface area (Å²) in [6.45, 7) is 2.60. The average molecular weight is 470 g/mol. The Labute approximate surface area is 195 Å². The molecular formula is C24H24ClN3OS2. The summed E-state index contributed by atoms with van der Waals surface area (Å²) in [6, 6.07) is 26.6. The van der Waals surface area contributed by atoms with Crippen LogP contribution in [-0.4, -0.2) is 22.0 Å². The fraction of sp³-hybridized carbons (Fsp3) is 0.208. The lowest BCUT2D eigenvalue weighted by Gasteiger charge is -2.24. The minimum absolute atomic E-state index is 0.222. The summed E-state index contributed by atoms with van der Waals surface area (Å²) in [5.74, 6) is 0.630. The Hall–Kier alpha value is -2.14. The molecule has 0 radical (unpaired) electrons. The van der Waals surface area contributed by atoms with E-state index in [9.17, 15) is 9.47 Å². The molecule has 31 heavy (non-hydrogen) atoms. The Morgan fingerprint density at radius 1 is 1.03 bits per heavy atom. The van der Waals surface area contributed by atoms with Crippen LogP contribution in [0.2, 0.25) is 5.02 Å². The molecule has 0 aliphatic carbocycles. The number of benzene rings is 3. The fourth-order valence-corrected chi connectivity index (χ4v) is 4.98. The molecule has 0 aliphatic rings. The molecule has 0 fully saturated rings. The van der Waals surface area contributed by atoms with E-state index in [1.165, 1.54) is 0 Å². The van der Waals surface area contributed by atoms with Crippen LogP contribution < -0.4 is 10.0 Å². The number of hydrogen-bond acceptors (Lipinski definition) is 4. The number of nitriles is 1. The highest BCUT2D eigenvalue weighted by atomic mass is 35.5. The maximum absolute atomic E-state index is 12.8. The van der Waals surface area contributed by atoms with Crippen LogP contribution >= 0.6 is 23.4 Å². The van der Waals surface area contributed by atoms with Crippen molar-refractivity contribution in [2.24, 2.45) is 0 Å². The van der Waals surface area contributed by atoms with Crippen LogP contribution in [0.3, 0.4) is 0 Å². The first-order chi connectivity index (χ1) is 15.0. The Bertz CT molecular complexity index is 1020. The number of aryl methyl sites for hydroxylation is 1. The lowest BCUT2D eigenvalue weighted by molar-refractivity contribution is 0.495. The minimum atomic E-state index is -1.48. The van der Waals surface area contributed by atoms with Crippen LogP contribution in [-0.2, 0) is 17.5 Å². The van der Waals surface area contributed by atoms with Gasteiger partial charge in [0, 0.05) is 28.3 Å². The molecule has 0 heterocycles. The predicted molar refractivity (Wildman–Crippen MR) is 129 cm³/mol. The van der Waals surface area contributed by atoms with E-state index in [2.05, 4.69) is 16.1 Å². The van der Waals surface area contributed by atoms with Gasteiger partial charge < -0.3 is 5.32 Å². The lowest BCUT2D eigenvalue weighted by atomic mass is 10.1. The van der Waals surface area contributed by atoms with E-state index in [4.69, 9.17) is 11.6 Å². The van der Waals surface area contributed by atoms with Crippen molar-refractivity contribution in [3.05, 3.63) is 95.0 Å². The van der Waals surface area contributed by atoms with Gasteiger partial charge in [0.15, 0.2) is 0 Å². The van der Waals surface area contributed by atoms with Crippen molar-refractivity contribution < 1.29 is 4.21 Å². The topological polar surface area (TPSA) is 64.9 Å². The first kappa shape index (κ1) is 23.5. The van der Waals surface area contributed by atoms with Gasteiger partial charge in [0.2, 0.25) is 0 Å². The molecule has 3 aromatic rings. The van der Waals surface area contributed by atoms with Crippen LogP contribution in [0.15, 0.2) is 88.7 Å². The van der Waals surface area contributed by atoms with Gasteiger partial charge in [0.1, 0.15) is 17.0 Å². The average Bonchev–Trinajstić information content (AvgIpc) is 2.80. The second-order valence-electron chi connectivity index (χ2n) is 7.04. The second-order valence-corrected chi connectivity index (χ2v) is 9.82. The standard InChI is InChI=1S/C24H24ClN3OS2/c1-18-7-13-22(14-8-18)31(29)28-23(15-26)24(27-16-19-5-3-2-4-6-19)17-30-21-11-9-20(25)10-12-21/h2-14,23-24,27-28H,16-17H2,1H3/t23-,24+,31-/m0/s1. The summed E-state index contributed by atoms with van der Waals surface area (Å²) in [4.78, 5) is 1.71. The highest BCUT2D eigenvalue weighted by Gasteiger charge is 2.23. The van der Waals surface area contributed by atoms with Gasteiger partial charge in [-0.25, -0.2) is 8.93 Å². The van der Waals surface area contributed by atoms with Gasteiger partial charge in [0.05, 0.1) is 11.0 Å². The predicted octanol–water partition coefficient (Wildman–Crippen LogP) is 5.10. The van der Waals surface area contributed by atoms with Gasteiger partial charge in [-0.2, -0.15) is 5.26 Å². The smallest absolute Gasteiger partial charge is 0.126 e. The first-order valence-corrected chi connectivity index (χ1v) is 12.4. The van der Waals surface area contributed by atoms with Crippen LogP contribution in [0.5, 0.6) is 0 Å². The molecule has 3 rings (SSSR count). The van der Waals surface area contributed by atoms with Gasteiger partial charge in [-0.1, -0.05) is 59.6 Å². The van der Waals surface area contributed by atoms with E-state index < -0.39 is 17.0 Å². The Balaban J connectivity index is 1.71. The van der Waals surface area contributed by atoms with Crippen molar-refractivity contribution in [3.63, 3.8) is 0 Å². The number of nitrogens with one attached hydrogen (secondary N) is 2. The van der Waals surface area contributed by atoms with E-state index in [1.54, 1.807) is 11.8 Å². The van der Waals surface area contributed by atoms with Gasteiger partial charge in [-0.15, -0.1) is 11.8 Å². The van der Waals surface area contributed by atoms with Crippen molar-refractivity contribution in [2.75, 3.05) is 5.75 Å². The zero-order valence-electron chi connectivity index (χ0n) is 17.1. The molecule has 0 bridgehead atoms. The molecule has 0 saturated carbocycles. The molecule has 0 aromatic heterocycles. The minimum Gasteiger partial charge on any atom is -0.307 e. The van der Waals surface area contributed by atoms with E-state index in [0.717, 1.165) is 16.0 Å². The van der Waals surface area contributed by atoms with Crippen LogP contribution in [0, 0.1) is 18.3 Å². The van der Waals surface area contributed by atoms with Crippen molar-refractivity contribution in [2.45, 2.75) is 35.3 Å². The molecular weight excluding hydrogens is 446 g/mol. The maximum atomic E-state index is 12.8. The van der Waals surface area contributed by atoms with Crippen molar-refractivity contribution in [1.82, 2.24) is 10.0 Å². The van der Waals surface area contributed by atoms with Gasteiger partial charge in [-0.3, -0.25) is 0 Å². The molecule has 4 nitrogen and oxygen atoms in total. The van der Waals surface area contributed by atoms with Crippen molar-refractivity contribution in [3.8, 4) is 6.07 Å². The second kappa shape index (κ2) is 12.0. The molecule has 160 valence electrons. The Morgan fingerprint density at radius 3 is 2.35 bits per heavy atom. The van der Waals surface area contributed by atoms with Crippen LogP contribution in [0.1, 0.15) is 11.1 Å². The summed E-state index contributed by atoms with van der Waals surface area (Å²) in [5.41, 5.74) is 2.22. The van der Waals surface area contributed by atoms with Gasteiger partial charge >= 0.3 is 0 Å². The molecule has 0 aliphatic heterocycles. The third kappa shape index (κ3) is 7.49. The van der Waals surface area contributed by atoms with Gasteiger partial charge in [-0.05, 0) is 48.9 Å². The fourth-order valence-electron chi connectivity index (χ4n) is 2.88. The van der Waals surface area contributed by atoms with E-state index in [-0.39, 0.29) is 6.04 Å². The molecule has 0 spiro atoms. The van der Waals surface area contributed by atoms with E-state index >= 15 is 0 Å². The van der Waals surface area contributed by atoms with E-state index in [1.807, 2.05) is 85.8 Å². The quantitative estimate of drug-likeness (QED) is 0.405. The largest absolute Gasteiger partial charge is 0.307 e. The number of hydrogen-bond donors (Lipinski definition) is 2. The maximum Gasteiger partial charge on any atom is 0.126 e. The number of rotatable bonds is 10. The van der Waals surface area contributed by atoms with Gasteiger partial charge in [0.25, 0.3) is 0 Å². The number of halogens is 1. The third-order valence-corrected chi connectivity index (χ3v) is 7.22. The summed E-state index contributed by atoms with van der Waals surface area (Å²) in [5, 5.41) is 14.0. The highest BCUT2D eigenvalue weighted by Crippen LogP contribution is 2.22. The Kier molecular flexibility index (Phi) is 9.13. The molecule has 0 amide bonds. The molecule has 3 atom stereocenters. The molecule has 7 heteroatoms. The molecule has 2 N–H and O–H groups in total. The SMILES string of the molecule is Cc1ccc([S@](=O)N[C@@H](C#N)[C@@H](CSc2ccc(Cl)cc2)NCc2ccccc2)cc1. The zero-order chi connectivity index (χ0) is 22.1. The highest BCUT2D eigenvalue weighted by molar-refractivity contribution is 7.99. The van der Waals surface area contributed by atoms with E-state index in [0.29, 0.717) is 22.2 Å². The summed E-state index contributed by atoms with van der Waals surface area (Å²) in [7, 11) is -1.48.